The number of amides is 3. The average Bonchev–Trinajstić information content (AvgIpc) is 2.75. The van der Waals surface area contributed by atoms with Crippen LogP contribution >= 0.6 is 0 Å². The zero-order chi connectivity index (χ0) is 20.4. The first-order valence-corrected chi connectivity index (χ1v) is 9.53. The second-order valence-electron chi connectivity index (χ2n) is 7.14. The van der Waals surface area contributed by atoms with Crippen molar-refractivity contribution in [3.8, 4) is 5.75 Å². The molecule has 0 bridgehead atoms. The number of nitrogens with zero attached hydrogens (tertiary/aromatic N) is 2. The molecule has 3 amide bonds. The van der Waals surface area contributed by atoms with Gasteiger partial charge in [0.25, 0.3) is 5.91 Å². The largest absolute Gasteiger partial charge is 0.497 e. The van der Waals surface area contributed by atoms with Gasteiger partial charge in [0.2, 0.25) is 0 Å². The van der Waals surface area contributed by atoms with Crippen molar-refractivity contribution in [3.63, 3.8) is 0 Å². The number of ether oxygens (including phenoxy) is 1. The third-order valence-electron chi connectivity index (χ3n) is 5.24. The minimum absolute atomic E-state index is 0.0947. The average molecular weight is 398 g/mol. The summed E-state index contributed by atoms with van der Waals surface area (Å²) in [6.07, 6.45) is -0.431. The van der Waals surface area contributed by atoms with E-state index in [0.29, 0.717) is 30.9 Å². The van der Waals surface area contributed by atoms with Crippen molar-refractivity contribution in [3.05, 3.63) is 65.5 Å². The van der Waals surface area contributed by atoms with Gasteiger partial charge in [-0.3, -0.25) is 15.0 Å². The topological polar surface area (TPSA) is 73.9 Å². The lowest BCUT2D eigenvalue weighted by Gasteiger charge is -2.47. The van der Waals surface area contributed by atoms with E-state index in [1.807, 2.05) is 24.3 Å². The molecule has 152 valence electrons. The Morgan fingerprint density at radius 3 is 2.55 bits per heavy atom. The number of halogens is 1. The molecule has 2 saturated heterocycles. The van der Waals surface area contributed by atoms with Crippen LogP contribution < -0.4 is 15.4 Å². The fraction of sp³-hybridized carbons (Fsp3) is 0.333. The minimum Gasteiger partial charge on any atom is -0.497 e. The molecule has 4 rings (SSSR count). The summed E-state index contributed by atoms with van der Waals surface area (Å²) in [4.78, 5) is 29.2. The molecule has 0 aliphatic carbocycles. The molecule has 2 aromatic carbocycles. The van der Waals surface area contributed by atoms with Gasteiger partial charge in [-0.15, -0.1) is 0 Å². The molecule has 2 unspecified atom stereocenters. The lowest BCUT2D eigenvalue weighted by atomic mass is 10.0. The number of urea groups is 1. The first-order valence-electron chi connectivity index (χ1n) is 9.53. The number of rotatable bonds is 5. The van der Waals surface area contributed by atoms with E-state index in [1.165, 1.54) is 17.0 Å². The number of methoxy groups -OCH3 is 1. The minimum atomic E-state index is -0.535. The summed E-state index contributed by atoms with van der Waals surface area (Å²) in [7, 11) is 1.59. The molecule has 2 atom stereocenters. The Morgan fingerprint density at radius 1 is 1.03 bits per heavy atom. The number of nitrogens with one attached hydrogen (secondary N) is 2. The molecule has 0 spiro atoms. The Balaban J connectivity index is 1.62. The first kappa shape index (κ1) is 19.4. The molecular weight excluding hydrogens is 375 g/mol. The van der Waals surface area contributed by atoms with Gasteiger partial charge in [0.15, 0.2) is 0 Å². The maximum absolute atomic E-state index is 13.3. The van der Waals surface area contributed by atoms with Crippen LogP contribution in [0, 0.1) is 5.82 Å². The SMILES string of the molecule is COc1cccc(CN2C(=O)N(Cc3ccc(F)cc3)C(=O)C3NCCNC32)c1. The molecule has 2 aromatic rings. The lowest BCUT2D eigenvalue weighted by Crippen LogP contribution is -2.74. The number of hydrogen-bond acceptors (Lipinski definition) is 5. The summed E-state index contributed by atoms with van der Waals surface area (Å²) < 4.78 is 18.5. The fourth-order valence-electron chi connectivity index (χ4n) is 3.78. The van der Waals surface area contributed by atoms with Crippen LogP contribution in [0.5, 0.6) is 5.75 Å². The van der Waals surface area contributed by atoms with Gasteiger partial charge in [0, 0.05) is 19.6 Å². The zero-order valence-corrected chi connectivity index (χ0v) is 16.1. The predicted molar refractivity (Wildman–Crippen MR) is 104 cm³/mol. The standard InChI is InChI=1S/C21H23FN4O3/c1-29-17-4-2-3-15(11-17)13-25-19-18(23-9-10-24-19)20(27)26(21(25)28)12-14-5-7-16(22)8-6-14/h2-8,11,18-19,23-24H,9-10,12-13H2,1H3. The Kier molecular flexibility index (Phi) is 5.46. The third kappa shape index (κ3) is 3.94. The molecule has 0 aromatic heterocycles. The van der Waals surface area contributed by atoms with Crippen LogP contribution in [-0.2, 0) is 17.9 Å². The summed E-state index contributed by atoms with van der Waals surface area (Å²) in [5.41, 5.74) is 1.59. The highest BCUT2D eigenvalue weighted by molar-refractivity contribution is 6.00. The lowest BCUT2D eigenvalue weighted by molar-refractivity contribution is -0.138. The molecule has 7 nitrogen and oxygen atoms in total. The number of hydrogen-bond donors (Lipinski definition) is 2. The molecule has 2 fully saturated rings. The van der Waals surface area contributed by atoms with Gasteiger partial charge in [0.05, 0.1) is 13.7 Å². The number of imide groups is 1. The molecule has 8 heteroatoms. The molecule has 0 radical (unpaired) electrons. The third-order valence-corrected chi connectivity index (χ3v) is 5.24. The van der Waals surface area contributed by atoms with Gasteiger partial charge in [-0.25, -0.2) is 9.18 Å². The molecule has 2 aliphatic heterocycles. The van der Waals surface area contributed by atoms with Crippen molar-refractivity contribution in [1.82, 2.24) is 20.4 Å². The van der Waals surface area contributed by atoms with Gasteiger partial charge in [0.1, 0.15) is 23.8 Å². The highest BCUT2D eigenvalue weighted by Crippen LogP contribution is 2.24. The van der Waals surface area contributed by atoms with Crippen LogP contribution in [-0.4, -0.2) is 54.1 Å². The molecule has 2 heterocycles. The number of carbonyl (C=O) groups is 2. The van der Waals surface area contributed by atoms with Crippen LogP contribution in [0.15, 0.2) is 48.5 Å². The van der Waals surface area contributed by atoms with Crippen LogP contribution in [0.1, 0.15) is 11.1 Å². The van der Waals surface area contributed by atoms with Crippen LogP contribution in [0.3, 0.4) is 0 Å². The van der Waals surface area contributed by atoms with Crippen molar-refractivity contribution in [2.75, 3.05) is 20.2 Å². The van der Waals surface area contributed by atoms with E-state index >= 15 is 0 Å². The summed E-state index contributed by atoms with van der Waals surface area (Å²) in [5.74, 6) is 0.0683. The second-order valence-corrected chi connectivity index (χ2v) is 7.14. The van der Waals surface area contributed by atoms with Crippen molar-refractivity contribution < 1.29 is 18.7 Å². The number of fused-ring (bicyclic) bond motifs is 1. The zero-order valence-electron chi connectivity index (χ0n) is 16.1. The van der Waals surface area contributed by atoms with Gasteiger partial charge >= 0.3 is 6.03 Å². The summed E-state index contributed by atoms with van der Waals surface area (Å²) in [5, 5.41) is 6.51. The molecule has 29 heavy (non-hydrogen) atoms. The van der Waals surface area contributed by atoms with Gasteiger partial charge in [-0.2, -0.15) is 0 Å². The Hall–Kier alpha value is -2.97. The van der Waals surface area contributed by atoms with Crippen LogP contribution in [0.4, 0.5) is 9.18 Å². The number of carbonyl (C=O) groups excluding carboxylic acids is 2. The monoisotopic (exact) mass is 398 g/mol. The summed E-state index contributed by atoms with van der Waals surface area (Å²) in [6.45, 7) is 1.73. The number of piperazine rings is 1. The van der Waals surface area contributed by atoms with E-state index in [1.54, 1.807) is 24.1 Å². The maximum atomic E-state index is 13.3. The predicted octanol–water partition coefficient (Wildman–Crippen LogP) is 1.69. The van der Waals surface area contributed by atoms with E-state index in [9.17, 15) is 14.0 Å². The van der Waals surface area contributed by atoms with Crippen LogP contribution in [0.25, 0.3) is 0 Å². The Morgan fingerprint density at radius 2 is 1.79 bits per heavy atom. The first-order chi connectivity index (χ1) is 14.1. The molecule has 2 aliphatic rings. The van der Waals surface area contributed by atoms with E-state index in [4.69, 9.17) is 4.74 Å². The van der Waals surface area contributed by atoms with E-state index in [0.717, 1.165) is 5.56 Å². The summed E-state index contributed by atoms with van der Waals surface area (Å²) in [6, 6.07) is 12.4. The Labute approximate surface area is 168 Å². The van der Waals surface area contributed by atoms with Crippen LogP contribution in [0.2, 0.25) is 0 Å². The Bertz CT molecular complexity index is 905. The van der Waals surface area contributed by atoms with Gasteiger partial charge < -0.3 is 15.0 Å². The van der Waals surface area contributed by atoms with Crippen molar-refractivity contribution in [2.24, 2.45) is 0 Å². The highest BCUT2D eigenvalue weighted by atomic mass is 19.1. The maximum Gasteiger partial charge on any atom is 0.328 e. The highest BCUT2D eigenvalue weighted by Gasteiger charge is 2.47. The molecule has 0 saturated carbocycles. The van der Waals surface area contributed by atoms with E-state index in [2.05, 4.69) is 10.6 Å². The number of benzene rings is 2. The van der Waals surface area contributed by atoms with Gasteiger partial charge in [-0.05, 0) is 35.4 Å². The smallest absolute Gasteiger partial charge is 0.328 e. The summed E-state index contributed by atoms with van der Waals surface area (Å²) >= 11 is 0. The molecular formula is C21H23FN4O3. The van der Waals surface area contributed by atoms with Crippen molar-refractivity contribution >= 4 is 11.9 Å². The normalized spacial score (nSPS) is 21.9. The van der Waals surface area contributed by atoms with Gasteiger partial charge in [-0.1, -0.05) is 24.3 Å². The van der Waals surface area contributed by atoms with E-state index < -0.39 is 12.2 Å². The van der Waals surface area contributed by atoms with E-state index in [-0.39, 0.29) is 24.3 Å². The molecule has 2 N–H and O–H groups in total. The van der Waals surface area contributed by atoms with Crippen molar-refractivity contribution in [2.45, 2.75) is 25.3 Å². The quantitative estimate of drug-likeness (QED) is 0.802. The van der Waals surface area contributed by atoms with Crippen molar-refractivity contribution in [1.29, 1.82) is 0 Å². The second kappa shape index (κ2) is 8.18. The fourth-order valence-corrected chi connectivity index (χ4v) is 3.78.